The number of fused-ring (bicyclic) bond motifs is 1. The van der Waals surface area contributed by atoms with Crippen molar-refractivity contribution >= 4 is 22.3 Å². The van der Waals surface area contributed by atoms with E-state index in [1.807, 2.05) is 13.1 Å². The highest BCUT2D eigenvalue weighted by molar-refractivity contribution is 5.97. The molecule has 0 bridgehead atoms. The van der Waals surface area contributed by atoms with Crippen LogP contribution in [0, 0.1) is 10.1 Å². The number of nitro benzene ring substituents is 1. The van der Waals surface area contributed by atoms with E-state index in [1.54, 1.807) is 24.4 Å². The Hall–Kier alpha value is -2.21. The van der Waals surface area contributed by atoms with Gasteiger partial charge in [-0.05, 0) is 37.6 Å². The van der Waals surface area contributed by atoms with Crippen LogP contribution in [0.5, 0.6) is 0 Å². The smallest absolute Gasteiger partial charge is 0.278 e. The molecule has 6 nitrogen and oxygen atoms in total. The van der Waals surface area contributed by atoms with Gasteiger partial charge in [0.25, 0.3) is 5.69 Å². The van der Waals surface area contributed by atoms with Crippen LogP contribution in [0.15, 0.2) is 30.5 Å². The van der Waals surface area contributed by atoms with Crippen LogP contribution in [0.2, 0.25) is 0 Å². The lowest BCUT2D eigenvalue weighted by atomic mass is 10.0. The van der Waals surface area contributed by atoms with Gasteiger partial charge in [0, 0.05) is 31.9 Å². The van der Waals surface area contributed by atoms with Crippen molar-refractivity contribution in [3.05, 3.63) is 40.6 Å². The Morgan fingerprint density at radius 3 is 3.00 bits per heavy atom. The summed E-state index contributed by atoms with van der Waals surface area (Å²) in [7, 11) is 2.03. The second-order valence-corrected chi connectivity index (χ2v) is 5.37. The number of likely N-dealkylation sites (N-methyl/N-ethyl adjacent to an activating group) is 1. The standard InChI is InChI=1S/C15H18N4O2/c1-18(11-4-2-8-16-10-11)14-7-6-13(19(20)21)12-5-3-9-17-15(12)14/h3,5-7,9,11,16H,2,4,8,10H2,1H3. The topological polar surface area (TPSA) is 71.3 Å². The molecule has 110 valence electrons. The zero-order valence-corrected chi connectivity index (χ0v) is 12.0. The van der Waals surface area contributed by atoms with Gasteiger partial charge in [0.2, 0.25) is 0 Å². The predicted molar refractivity (Wildman–Crippen MR) is 82.7 cm³/mol. The van der Waals surface area contributed by atoms with Gasteiger partial charge in [-0.2, -0.15) is 0 Å². The average Bonchev–Trinajstić information content (AvgIpc) is 2.54. The van der Waals surface area contributed by atoms with Gasteiger partial charge in [-0.3, -0.25) is 15.1 Å². The minimum Gasteiger partial charge on any atom is -0.369 e. The van der Waals surface area contributed by atoms with E-state index in [4.69, 9.17) is 0 Å². The molecule has 1 aliphatic heterocycles. The molecule has 0 radical (unpaired) electrons. The summed E-state index contributed by atoms with van der Waals surface area (Å²) in [6.45, 7) is 1.99. The number of pyridine rings is 1. The van der Waals surface area contributed by atoms with Crippen molar-refractivity contribution in [2.75, 3.05) is 25.0 Å². The first kappa shape index (κ1) is 13.8. The van der Waals surface area contributed by atoms with Gasteiger partial charge in [-0.25, -0.2) is 0 Å². The molecule has 0 spiro atoms. The fourth-order valence-corrected chi connectivity index (χ4v) is 2.95. The second kappa shape index (κ2) is 5.65. The number of anilines is 1. The van der Waals surface area contributed by atoms with Crippen molar-refractivity contribution in [1.29, 1.82) is 0 Å². The summed E-state index contributed by atoms with van der Waals surface area (Å²) in [6.07, 6.45) is 3.95. The van der Waals surface area contributed by atoms with E-state index < -0.39 is 0 Å². The van der Waals surface area contributed by atoms with Crippen LogP contribution in [-0.2, 0) is 0 Å². The molecule has 0 aliphatic carbocycles. The lowest BCUT2D eigenvalue weighted by molar-refractivity contribution is -0.383. The summed E-state index contributed by atoms with van der Waals surface area (Å²) in [6, 6.07) is 7.28. The van der Waals surface area contributed by atoms with Gasteiger partial charge < -0.3 is 10.2 Å². The number of piperidine rings is 1. The van der Waals surface area contributed by atoms with Crippen molar-refractivity contribution in [1.82, 2.24) is 10.3 Å². The van der Waals surface area contributed by atoms with E-state index in [0.29, 0.717) is 16.9 Å². The molecule has 21 heavy (non-hydrogen) atoms. The van der Waals surface area contributed by atoms with E-state index in [1.165, 1.54) is 0 Å². The third kappa shape index (κ3) is 2.54. The van der Waals surface area contributed by atoms with E-state index in [-0.39, 0.29) is 10.6 Å². The second-order valence-electron chi connectivity index (χ2n) is 5.37. The number of aromatic nitrogens is 1. The molecule has 0 saturated carbocycles. The van der Waals surface area contributed by atoms with E-state index in [9.17, 15) is 10.1 Å². The molecule has 1 fully saturated rings. The van der Waals surface area contributed by atoms with Crippen molar-refractivity contribution in [2.45, 2.75) is 18.9 Å². The van der Waals surface area contributed by atoms with E-state index in [0.717, 1.165) is 31.6 Å². The number of nitrogens with one attached hydrogen (secondary N) is 1. The average molecular weight is 286 g/mol. The molecule has 1 N–H and O–H groups in total. The lowest BCUT2D eigenvalue weighted by Gasteiger charge is -2.33. The molecule has 3 rings (SSSR count). The molecule has 1 atom stereocenters. The van der Waals surface area contributed by atoms with Crippen LogP contribution in [0.3, 0.4) is 0 Å². The van der Waals surface area contributed by atoms with Crippen molar-refractivity contribution < 1.29 is 4.92 Å². The molecule has 0 amide bonds. The molecule has 1 aromatic carbocycles. The van der Waals surface area contributed by atoms with Gasteiger partial charge in [0.15, 0.2) is 0 Å². The monoisotopic (exact) mass is 286 g/mol. The number of hydrogen-bond donors (Lipinski definition) is 1. The molecule has 1 aromatic heterocycles. The quantitative estimate of drug-likeness (QED) is 0.692. The number of non-ortho nitro benzene ring substituents is 1. The van der Waals surface area contributed by atoms with Crippen LogP contribution in [0.25, 0.3) is 10.9 Å². The number of rotatable bonds is 3. The summed E-state index contributed by atoms with van der Waals surface area (Å²) in [4.78, 5) is 17.4. The SMILES string of the molecule is CN(c1ccc([N+](=O)[O-])c2cccnc12)C1CCCNC1. The Morgan fingerprint density at radius 2 is 2.29 bits per heavy atom. The lowest BCUT2D eigenvalue weighted by Crippen LogP contribution is -2.44. The Kier molecular flexibility index (Phi) is 3.70. The van der Waals surface area contributed by atoms with Gasteiger partial charge in [0.05, 0.1) is 16.0 Å². The molecular weight excluding hydrogens is 268 g/mol. The number of benzene rings is 1. The van der Waals surface area contributed by atoms with Crippen LogP contribution >= 0.6 is 0 Å². The van der Waals surface area contributed by atoms with Crippen molar-refractivity contribution in [3.8, 4) is 0 Å². The largest absolute Gasteiger partial charge is 0.369 e. The van der Waals surface area contributed by atoms with Gasteiger partial charge in [-0.1, -0.05) is 0 Å². The Balaban J connectivity index is 2.06. The third-order valence-electron chi connectivity index (χ3n) is 4.12. The number of nitro groups is 1. The first-order valence-corrected chi connectivity index (χ1v) is 7.14. The first-order valence-electron chi connectivity index (χ1n) is 7.14. The molecule has 1 saturated heterocycles. The minimum atomic E-state index is -0.351. The summed E-state index contributed by atoms with van der Waals surface area (Å²) >= 11 is 0. The number of hydrogen-bond acceptors (Lipinski definition) is 5. The van der Waals surface area contributed by atoms with Gasteiger partial charge in [-0.15, -0.1) is 0 Å². The van der Waals surface area contributed by atoms with Gasteiger partial charge >= 0.3 is 0 Å². The maximum atomic E-state index is 11.2. The molecule has 2 heterocycles. The van der Waals surface area contributed by atoms with Crippen LogP contribution in [0.1, 0.15) is 12.8 Å². The van der Waals surface area contributed by atoms with Crippen LogP contribution in [-0.4, -0.2) is 36.1 Å². The molecule has 1 aliphatic rings. The minimum absolute atomic E-state index is 0.108. The highest BCUT2D eigenvalue weighted by Gasteiger charge is 2.22. The van der Waals surface area contributed by atoms with Crippen LogP contribution < -0.4 is 10.2 Å². The highest BCUT2D eigenvalue weighted by atomic mass is 16.6. The van der Waals surface area contributed by atoms with E-state index >= 15 is 0 Å². The van der Waals surface area contributed by atoms with Crippen molar-refractivity contribution in [3.63, 3.8) is 0 Å². The predicted octanol–water partition coefficient (Wildman–Crippen LogP) is 2.33. The van der Waals surface area contributed by atoms with Crippen LogP contribution in [0.4, 0.5) is 11.4 Å². The fraction of sp³-hybridized carbons (Fsp3) is 0.400. The molecular formula is C15H18N4O2. The molecule has 2 aromatic rings. The summed E-state index contributed by atoms with van der Waals surface area (Å²) in [5.41, 5.74) is 1.75. The maximum Gasteiger partial charge on any atom is 0.278 e. The summed E-state index contributed by atoms with van der Waals surface area (Å²) < 4.78 is 0. The normalized spacial score (nSPS) is 18.6. The fourth-order valence-electron chi connectivity index (χ4n) is 2.95. The first-order chi connectivity index (χ1) is 10.2. The maximum absolute atomic E-state index is 11.2. The zero-order valence-electron chi connectivity index (χ0n) is 12.0. The zero-order chi connectivity index (χ0) is 14.8. The highest BCUT2D eigenvalue weighted by Crippen LogP contribution is 2.32. The molecule has 6 heteroatoms. The van der Waals surface area contributed by atoms with Crippen molar-refractivity contribution in [2.24, 2.45) is 0 Å². The number of nitrogens with zero attached hydrogens (tertiary/aromatic N) is 3. The Labute approximate surface area is 122 Å². The third-order valence-corrected chi connectivity index (χ3v) is 4.12. The summed E-state index contributed by atoms with van der Waals surface area (Å²) in [5.74, 6) is 0. The Bertz CT molecular complexity index is 668. The van der Waals surface area contributed by atoms with E-state index in [2.05, 4.69) is 15.2 Å². The Morgan fingerprint density at radius 1 is 1.43 bits per heavy atom. The van der Waals surface area contributed by atoms with Gasteiger partial charge in [0.1, 0.15) is 5.52 Å². The molecule has 1 unspecified atom stereocenters. The summed E-state index contributed by atoms with van der Waals surface area (Å²) in [5, 5.41) is 15.1.